The maximum absolute atomic E-state index is 13.6. The molecule has 0 saturated carbocycles. The lowest BCUT2D eigenvalue weighted by Crippen LogP contribution is -2.46. The highest BCUT2D eigenvalue weighted by Crippen LogP contribution is 2.17. The van der Waals surface area contributed by atoms with E-state index in [-0.39, 0.29) is 19.0 Å². The van der Waals surface area contributed by atoms with Gasteiger partial charge in [-0.25, -0.2) is 8.42 Å². The summed E-state index contributed by atoms with van der Waals surface area (Å²) in [6, 6.07) is 23.0. The molecule has 0 atom stereocenters. The number of rotatable bonds is 12. The van der Waals surface area contributed by atoms with E-state index in [4.69, 9.17) is 4.74 Å². The largest absolute Gasteiger partial charge is 0.379 e. The first-order valence-corrected chi connectivity index (χ1v) is 14.8. The van der Waals surface area contributed by atoms with E-state index in [1.807, 2.05) is 78.2 Å². The van der Waals surface area contributed by atoms with Crippen LogP contribution in [0.3, 0.4) is 0 Å². The third-order valence-corrected chi connectivity index (χ3v) is 8.54. The maximum Gasteiger partial charge on any atom is 0.238 e. The van der Waals surface area contributed by atoms with Crippen molar-refractivity contribution >= 4 is 33.3 Å². The van der Waals surface area contributed by atoms with Crippen LogP contribution >= 0.6 is 11.3 Å². The monoisotopic (exact) mass is 539 g/mol. The van der Waals surface area contributed by atoms with Crippen LogP contribution < -0.4 is 0 Å². The van der Waals surface area contributed by atoms with Crippen LogP contribution in [0.25, 0.3) is 6.08 Å². The van der Waals surface area contributed by atoms with Gasteiger partial charge in [-0.1, -0.05) is 66.7 Å². The number of carbonyl (C=O) groups excluding carboxylic acids is 1. The lowest BCUT2D eigenvalue weighted by atomic mass is 10.2. The molecule has 0 spiro atoms. The van der Waals surface area contributed by atoms with E-state index in [1.54, 1.807) is 22.3 Å². The first-order valence-electron chi connectivity index (χ1n) is 12.4. The minimum absolute atomic E-state index is 0.218. The van der Waals surface area contributed by atoms with Gasteiger partial charge in [0.25, 0.3) is 0 Å². The average Bonchev–Trinajstić information content (AvgIpc) is 3.44. The summed E-state index contributed by atoms with van der Waals surface area (Å²) in [7, 11) is -3.83. The molecule has 1 saturated heterocycles. The Hall–Kier alpha value is -2.82. The zero-order valence-electron chi connectivity index (χ0n) is 20.8. The first-order chi connectivity index (χ1) is 18.0. The van der Waals surface area contributed by atoms with Crippen molar-refractivity contribution in [2.24, 2.45) is 0 Å². The first kappa shape index (κ1) is 27.2. The molecule has 0 bridgehead atoms. The minimum Gasteiger partial charge on any atom is -0.379 e. The Morgan fingerprint density at radius 2 is 1.65 bits per heavy atom. The minimum atomic E-state index is -3.83. The zero-order chi connectivity index (χ0) is 25.9. The van der Waals surface area contributed by atoms with E-state index >= 15 is 0 Å². The number of ether oxygens (including phenoxy) is 1. The number of hydrogen-bond acceptors (Lipinski definition) is 6. The Labute approximate surface area is 223 Å². The van der Waals surface area contributed by atoms with Crippen LogP contribution in [0.1, 0.15) is 16.0 Å². The molecule has 1 aliphatic heterocycles. The number of carbonyl (C=O) groups is 1. The van der Waals surface area contributed by atoms with Crippen molar-refractivity contribution in [1.82, 2.24) is 14.1 Å². The summed E-state index contributed by atoms with van der Waals surface area (Å²) in [6.07, 6.45) is 1.58. The van der Waals surface area contributed by atoms with Crippen LogP contribution in [0.15, 0.2) is 83.6 Å². The lowest BCUT2D eigenvalue weighted by Gasteiger charge is -2.30. The van der Waals surface area contributed by atoms with Gasteiger partial charge in [-0.3, -0.25) is 9.69 Å². The Bertz CT molecular complexity index is 1230. The zero-order valence-corrected chi connectivity index (χ0v) is 22.4. The van der Waals surface area contributed by atoms with Crippen LogP contribution in [0, 0.1) is 0 Å². The number of hydrogen-bond donors (Lipinski definition) is 0. The second-order valence-electron chi connectivity index (χ2n) is 8.86. The van der Waals surface area contributed by atoms with Crippen molar-refractivity contribution in [2.45, 2.75) is 13.1 Å². The Balaban J connectivity index is 1.53. The van der Waals surface area contributed by atoms with Crippen LogP contribution in [0.5, 0.6) is 0 Å². The van der Waals surface area contributed by atoms with E-state index in [2.05, 4.69) is 4.90 Å². The molecule has 37 heavy (non-hydrogen) atoms. The second kappa shape index (κ2) is 13.6. The van der Waals surface area contributed by atoms with Crippen molar-refractivity contribution in [2.75, 3.05) is 45.9 Å². The molecule has 4 rings (SSSR count). The van der Waals surface area contributed by atoms with Crippen molar-refractivity contribution in [1.29, 1.82) is 0 Å². The summed E-state index contributed by atoms with van der Waals surface area (Å²) in [6.45, 7) is 4.16. The molecule has 2 aromatic carbocycles. The van der Waals surface area contributed by atoms with Crippen LogP contribution in [-0.2, 0) is 32.6 Å². The molecular formula is C28H33N3O4S2. The predicted octanol–water partition coefficient (Wildman–Crippen LogP) is 3.91. The number of amides is 1. The second-order valence-corrected chi connectivity index (χ2v) is 11.7. The number of morpholine rings is 1. The quantitative estimate of drug-likeness (QED) is 0.349. The highest BCUT2D eigenvalue weighted by Gasteiger charge is 2.26. The Morgan fingerprint density at radius 1 is 0.946 bits per heavy atom. The highest BCUT2D eigenvalue weighted by molar-refractivity contribution is 7.92. The summed E-state index contributed by atoms with van der Waals surface area (Å²) < 4.78 is 33.6. The summed E-state index contributed by atoms with van der Waals surface area (Å²) in [5.74, 6) is -0.226. The topological polar surface area (TPSA) is 70.2 Å². The van der Waals surface area contributed by atoms with E-state index in [0.29, 0.717) is 32.8 Å². The van der Waals surface area contributed by atoms with Gasteiger partial charge in [0.1, 0.15) is 0 Å². The van der Waals surface area contributed by atoms with Crippen molar-refractivity contribution in [3.05, 3.63) is 99.6 Å². The number of thiophene rings is 1. The molecular weight excluding hydrogens is 506 g/mol. The molecule has 1 aliphatic rings. The number of sulfonamides is 1. The predicted molar refractivity (Wildman–Crippen MR) is 148 cm³/mol. The van der Waals surface area contributed by atoms with Gasteiger partial charge in [-0.2, -0.15) is 4.31 Å². The Morgan fingerprint density at radius 3 is 2.32 bits per heavy atom. The Kier molecular flexibility index (Phi) is 10.0. The smallest absolute Gasteiger partial charge is 0.238 e. The molecule has 1 fully saturated rings. The average molecular weight is 540 g/mol. The van der Waals surface area contributed by atoms with E-state index in [0.717, 1.165) is 29.1 Å². The van der Waals surface area contributed by atoms with Crippen LogP contribution in [-0.4, -0.2) is 74.4 Å². The molecule has 9 heteroatoms. The van der Waals surface area contributed by atoms with Gasteiger partial charge in [0.05, 0.1) is 26.3 Å². The molecule has 1 aromatic heterocycles. The third kappa shape index (κ3) is 8.62. The molecule has 196 valence electrons. The fraction of sp³-hybridized carbons (Fsp3) is 0.321. The van der Waals surface area contributed by atoms with E-state index < -0.39 is 10.0 Å². The summed E-state index contributed by atoms with van der Waals surface area (Å²) in [5.41, 5.74) is 1.79. The van der Waals surface area contributed by atoms with Gasteiger partial charge in [-0.05, 0) is 28.6 Å². The van der Waals surface area contributed by atoms with Crippen LogP contribution in [0.2, 0.25) is 0 Å². The third-order valence-electron chi connectivity index (χ3n) is 6.17. The highest BCUT2D eigenvalue weighted by atomic mass is 32.2. The van der Waals surface area contributed by atoms with Gasteiger partial charge < -0.3 is 9.64 Å². The molecule has 2 heterocycles. The molecule has 0 aliphatic carbocycles. The summed E-state index contributed by atoms with van der Waals surface area (Å²) >= 11 is 1.58. The standard InChI is InChI=1S/C28H33N3O4S2/c32-28(30(23-27-12-7-20-36-27)22-26-10-5-2-6-11-26)24-31(15-14-29-16-18-35-19-17-29)37(33,34)21-13-25-8-3-1-4-9-25/h1-13,20-21H,14-19,22-24H2/b21-13+. The van der Waals surface area contributed by atoms with Gasteiger partial charge in [0.2, 0.25) is 15.9 Å². The molecule has 7 nitrogen and oxygen atoms in total. The van der Waals surface area contributed by atoms with Crippen molar-refractivity contribution in [3.8, 4) is 0 Å². The van der Waals surface area contributed by atoms with E-state index in [1.165, 1.54) is 9.71 Å². The summed E-state index contributed by atoms with van der Waals surface area (Å²) in [4.78, 5) is 18.6. The van der Waals surface area contributed by atoms with Gasteiger partial charge in [0, 0.05) is 43.0 Å². The SMILES string of the molecule is O=C(CN(CCN1CCOCC1)S(=O)(=O)/C=C/c1ccccc1)N(Cc1ccccc1)Cc1cccs1. The lowest BCUT2D eigenvalue weighted by molar-refractivity contribution is -0.132. The van der Waals surface area contributed by atoms with Gasteiger partial charge >= 0.3 is 0 Å². The molecule has 0 unspecified atom stereocenters. The van der Waals surface area contributed by atoms with Gasteiger partial charge in [-0.15, -0.1) is 11.3 Å². The number of benzene rings is 2. The molecule has 3 aromatic rings. The molecule has 0 radical (unpaired) electrons. The normalized spacial score (nSPS) is 14.8. The number of nitrogens with zero attached hydrogens (tertiary/aromatic N) is 3. The van der Waals surface area contributed by atoms with Crippen molar-refractivity contribution < 1.29 is 17.9 Å². The van der Waals surface area contributed by atoms with E-state index in [9.17, 15) is 13.2 Å². The van der Waals surface area contributed by atoms with Gasteiger partial charge in [0.15, 0.2) is 0 Å². The molecule has 1 amide bonds. The summed E-state index contributed by atoms with van der Waals surface area (Å²) in [5, 5.41) is 3.18. The maximum atomic E-state index is 13.6. The van der Waals surface area contributed by atoms with Crippen LogP contribution in [0.4, 0.5) is 0 Å². The fourth-order valence-electron chi connectivity index (χ4n) is 4.07. The van der Waals surface area contributed by atoms with Crippen molar-refractivity contribution in [3.63, 3.8) is 0 Å². The molecule has 0 N–H and O–H groups in total. The fourth-order valence-corrected chi connectivity index (χ4v) is 5.91.